The average molecular weight is 465 g/mol. The van der Waals surface area contributed by atoms with Gasteiger partial charge in [0.15, 0.2) is 0 Å². The summed E-state index contributed by atoms with van der Waals surface area (Å²) in [6.07, 6.45) is 1.55. The minimum Gasteiger partial charge on any atom is -0.457 e. The quantitative estimate of drug-likeness (QED) is 0.385. The molecule has 0 unspecified atom stereocenters. The highest BCUT2D eigenvalue weighted by molar-refractivity contribution is 8.18. The van der Waals surface area contributed by atoms with Crippen LogP contribution in [0, 0.1) is 0 Å². The van der Waals surface area contributed by atoms with Crippen LogP contribution in [0.2, 0.25) is 15.1 Å². The van der Waals surface area contributed by atoms with E-state index in [1.54, 1.807) is 54.6 Å². The van der Waals surface area contributed by atoms with E-state index in [0.29, 0.717) is 37.1 Å². The summed E-state index contributed by atoms with van der Waals surface area (Å²) in [7, 11) is 0. The first-order valence-electron chi connectivity index (χ1n) is 8.46. The summed E-state index contributed by atoms with van der Waals surface area (Å²) in [5.74, 6) is 0.609. The lowest BCUT2D eigenvalue weighted by Crippen LogP contribution is -2.27. The molecule has 146 valence electrons. The number of rotatable bonds is 4. The van der Waals surface area contributed by atoms with Crippen LogP contribution in [0.1, 0.15) is 11.3 Å². The fourth-order valence-electron chi connectivity index (χ4n) is 2.85. The Kier molecular flexibility index (Phi) is 5.74. The first-order valence-corrected chi connectivity index (χ1v) is 10.4. The Bertz CT molecular complexity index is 1160. The molecular formula is C21H12Cl3NO3S. The first-order chi connectivity index (χ1) is 13.9. The second kappa shape index (κ2) is 8.28. The van der Waals surface area contributed by atoms with Gasteiger partial charge in [-0.15, -0.1) is 0 Å². The van der Waals surface area contributed by atoms with Crippen LogP contribution < -0.4 is 0 Å². The van der Waals surface area contributed by atoms with E-state index in [0.717, 1.165) is 17.3 Å². The van der Waals surface area contributed by atoms with Crippen molar-refractivity contribution in [3.63, 3.8) is 0 Å². The van der Waals surface area contributed by atoms with E-state index in [-0.39, 0.29) is 17.7 Å². The molecule has 1 aromatic heterocycles. The fraction of sp³-hybridized carbons (Fsp3) is 0.0476. The van der Waals surface area contributed by atoms with E-state index < -0.39 is 0 Å². The zero-order chi connectivity index (χ0) is 20.5. The van der Waals surface area contributed by atoms with E-state index in [1.807, 2.05) is 6.07 Å². The molecule has 2 amide bonds. The predicted octanol–water partition coefficient (Wildman–Crippen LogP) is 7.14. The molecule has 2 heterocycles. The van der Waals surface area contributed by atoms with Gasteiger partial charge in [-0.25, -0.2) is 0 Å². The van der Waals surface area contributed by atoms with Gasteiger partial charge in [0, 0.05) is 21.7 Å². The highest BCUT2D eigenvalue weighted by Crippen LogP contribution is 2.36. The minimum atomic E-state index is -0.373. The molecule has 0 bridgehead atoms. The second-order valence-electron chi connectivity index (χ2n) is 6.22. The van der Waals surface area contributed by atoms with Gasteiger partial charge >= 0.3 is 0 Å². The van der Waals surface area contributed by atoms with Gasteiger partial charge in [-0.1, -0.05) is 46.9 Å². The lowest BCUT2D eigenvalue weighted by molar-refractivity contribution is -0.123. The summed E-state index contributed by atoms with van der Waals surface area (Å²) in [6, 6.07) is 15.6. The van der Waals surface area contributed by atoms with Crippen molar-refractivity contribution in [2.75, 3.05) is 0 Å². The average Bonchev–Trinajstić information content (AvgIpc) is 3.22. The highest BCUT2D eigenvalue weighted by Gasteiger charge is 2.35. The van der Waals surface area contributed by atoms with Gasteiger partial charge in [0.05, 0.1) is 16.5 Å². The number of carbonyl (C=O) groups is 2. The fourth-order valence-corrected chi connectivity index (χ4v) is 4.38. The van der Waals surface area contributed by atoms with Crippen molar-refractivity contribution >= 4 is 63.8 Å². The molecule has 2 aromatic carbocycles. The maximum Gasteiger partial charge on any atom is 0.293 e. The van der Waals surface area contributed by atoms with Crippen LogP contribution in [0.25, 0.3) is 17.4 Å². The van der Waals surface area contributed by atoms with Crippen molar-refractivity contribution in [1.29, 1.82) is 0 Å². The van der Waals surface area contributed by atoms with E-state index in [9.17, 15) is 9.59 Å². The van der Waals surface area contributed by atoms with Crippen molar-refractivity contribution < 1.29 is 14.0 Å². The molecule has 0 N–H and O–H groups in total. The Morgan fingerprint density at radius 2 is 1.76 bits per heavy atom. The van der Waals surface area contributed by atoms with Crippen LogP contribution in [-0.4, -0.2) is 16.0 Å². The largest absolute Gasteiger partial charge is 0.457 e. The molecule has 29 heavy (non-hydrogen) atoms. The smallest absolute Gasteiger partial charge is 0.293 e. The molecule has 3 aromatic rings. The number of benzene rings is 2. The number of imide groups is 1. The Hall–Kier alpha value is -2.18. The number of nitrogens with zero attached hydrogens (tertiary/aromatic N) is 1. The Morgan fingerprint density at radius 3 is 2.52 bits per heavy atom. The van der Waals surface area contributed by atoms with Gasteiger partial charge in [-0.2, -0.15) is 0 Å². The number of hydrogen-bond acceptors (Lipinski definition) is 4. The van der Waals surface area contributed by atoms with E-state index >= 15 is 0 Å². The third kappa shape index (κ3) is 4.38. The van der Waals surface area contributed by atoms with Crippen LogP contribution in [0.15, 0.2) is 63.9 Å². The molecular weight excluding hydrogens is 453 g/mol. The number of amides is 2. The van der Waals surface area contributed by atoms with Crippen molar-refractivity contribution in [1.82, 2.24) is 4.90 Å². The van der Waals surface area contributed by atoms with Gasteiger partial charge in [0.25, 0.3) is 11.1 Å². The zero-order valence-corrected chi connectivity index (χ0v) is 17.8. The third-order valence-electron chi connectivity index (χ3n) is 4.20. The summed E-state index contributed by atoms with van der Waals surface area (Å²) in [5.41, 5.74) is 1.46. The summed E-state index contributed by atoms with van der Waals surface area (Å²) < 4.78 is 5.79. The number of carbonyl (C=O) groups excluding carboxylic acids is 2. The molecule has 4 nitrogen and oxygen atoms in total. The molecule has 0 saturated carbocycles. The molecule has 0 spiro atoms. The lowest BCUT2D eigenvalue weighted by Gasteiger charge is -2.12. The molecule has 1 aliphatic rings. The van der Waals surface area contributed by atoms with Crippen molar-refractivity contribution in [3.8, 4) is 11.3 Å². The summed E-state index contributed by atoms with van der Waals surface area (Å²) >= 11 is 19.0. The van der Waals surface area contributed by atoms with Crippen molar-refractivity contribution in [2.45, 2.75) is 6.54 Å². The number of furan rings is 1. The van der Waals surface area contributed by atoms with E-state index in [4.69, 9.17) is 39.2 Å². The lowest BCUT2D eigenvalue weighted by atomic mass is 10.2. The number of halogens is 3. The van der Waals surface area contributed by atoms with Gasteiger partial charge < -0.3 is 4.42 Å². The Balaban J connectivity index is 1.55. The third-order valence-corrected chi connectivity index (χ3v) is 5.89. The molecule has 0 atom stereocenters. The summed E-state index contributed by atoms with van der Waals surface area (Å²) in [4.78, 5) is 26.5. The van der Waals surface area contributed by atoms with Gasteiger partial charge in [0.1, 0.15) is 11.5 Å². The van der Waals surface area contributed by atoms with Crippen LogP contribution in [-0.2, 0) is 11.3 Å². The minimum absolute atomic E-state index is 0.159. The summed E-state index contributed by atoms with van der Waals surface area (Å²) in [6.45, 7) is 0.159. The molecule has 0 aliphatic carbocycles. The number of hydrogen-bond donors (Lipinski definition) is 0. The van der Waals surface area contributed by atoms with Crippen LogP contribution >= 0.6 is 46.6 Å². The van der Waals surface area contributed by atoms with Gasteiger partial charge in [-0.05, 0) is 59.8 Å². The number of thioether (sulfide) groups is 1. The molecule has 1 fully saturated rings. The highest BCUT2D eigenvalue weighted by atomic mass is 35.5. The Morgan fingerprint density at radius 1 is 0.966 bits per heavy atom. The van der Waals surface area contributed by atoms with Crippen molar-refractivity contribution in [3.05, 3.63) is 85.9 Å². The van der Waals surface area contributed by atoms with E-state index in [1.165, 1.54) is 4.90 Å². The second-order valence-corrected chi connectivity index (χ2v) is 8.50. The molecule has 8 heteroatoms. The molecule has 0 radical (unpaired) electrons. The standard InChI is InChI=1S/C21H12Cl3NO3S/c22-13-3-1-2-12(8-13)11-25-20(26)19(29-21(25)27)10-15-5-7-18(28-15)16-6-4-14(23)9-17(16)24/h1-10H,11H2/b19-10-. The van der Waals surface area contributed by atoms with Crippen LogP contribution in [0.5, 0.6) is 0 Å². The van der Waals surface area contributed by atoms with E-state index in [2.05, 4.69) is 0 Å². The maximum absolute atomic E-state index is 12.7. The first kappa shape index (κ1) is 20.1. The maximum atomic E-state index is 12.7. The van der Waals surface area contributed by atoms with Crippen LogP contribution in [0.4, 0.5) is 4.79 Å². The van der Waals surface area contributed by atoms with Gasteiger partial charge in [0.2, 0.25) is 0 Å². The molecule has 4 rings (SSSR count). The molecule has 1 saturated heterocycles. The SMILES string of the molecule is O=C1S/C(=C\c2ccc(-c3ccc(Cl)cc3Cl)o2)C(=O)N1Cc1cccc(Cl)c1. The topological polar surface area (TPSA) is 50.5 Å². The Labute approximate surface area is 186 Å². The normalized spacial score (nSPS) is 15.6. The molecule has 1 aliphatic heterocycles. The summed E-state index contributed by atoms with van der Waals surface area (Å²) in [5, 5.41) is 1.20. The zero-order valence-electron chi connectivity index (χ0n) is 14.7. The van der Waals surface area contributed by atoms with Crippen LogP contribution in [0.3, 0.4) is 0 Å². The van der Waals surface area contributed by atoms with Crippen molar-refractivity contribution in [2.24, 2.45) is 0 Å². The monoisotopic (exact) mass is 463 g/mol. The predicted molar refractivity (Wildman–Crippen MR) is 117 cm³/mol. The van der Waals surface area contributed by atoms with Gasteiger partial charge in [-0.3, -0.25) is 14.5 Å².